The number of amides is 1. The first-order valence-electron chi connectivity index (χ1n) is 5.31. The molecule has 0 atom stereocenters. The molecule has 0 bridgehead atoms. The molecule has 2 rings (SSSR count). The third-order valence-electron chi connectivity index (χ3n) is 2.38. The largest absolute Gasteiger partial charge is 0.477 e. The molecule has 104 valence electrons. The Morgan fingerprint density at radius 1 is 1.30 bits per heavy atom. The summed E-state index contributed by atoms with van der Waals surface area (Å²) in [7, 11) is 0. The van der Waals surface area contributed by atoms with E-state index in [-0.39, 0.29) is 27.3 Å². The first-order valence-corrected chi connectivity index (χ1v) is 6.07. The minimum absolute atomic E-state index is 0.00172. The maximum absolute atomic E-state index is 12.0. The van der Waals surface area contributed by atoms with Crippen LogP contribution in [-0.4, -0.2) is 32.2 Å². The number of hydrogen-bond acceptors (Lipinski definition) is 4. The maximum atomic E-state index is 12.0. The van der Waals surface area contributed by atoms with E-state index < -0.39 is 11.9 Å². The number of hydrogen-bond donors (Lipinski definition) is 3. The quantitative estimate of drug-likeness (QED) is 0.806. The number of H-pyrrole nitrogens is 1. The summed E-state index contributed by atoms with van der Waals surface area (Å²) in [5, 5.41) is 18.3. The van der Waals surface area contributed by atoms with Gasteiger partial charge in [0.25, 0.3) is 5.91 Å². The number of carbonyl (C=O) groups excluding carboxylic acids is 1. The Bertz CT molecular complexity index is 699. The molecule has 0 saturated carbocycles. The summed E-state index contributed by atoms with van der Waals surface area (Å²) >= 11 is 11.4. The van der Waals surface area contributed by atoms with Crippen molar-refractivity contribution in [1.82, 2.24) is 15.2 Å². The van der Waals surface area contributed by atoms with Crippen molar-refractivity contribution in [1.29, 1.82) is 0 Å². The van der Waals surface area contributed by atoms with Crippen molar-refractivity contribution in [3.05, 3.63) is 39.4 Å². The molecule has 2 aromatic rings. The maximum Gasteiger partial charge on any atom is 0.354 e. The van der Waals surface area contributed by atoms with Crippen LogP contribution in [0.2, 0.25) is 10.3 Å². The Morgan fingerprint density at radius 2 is 2.00 bits per heavy atom. The molecule has 0 saturated heterocycles. The molecule has 2 heterocycles. The summed E-state index contributed by atoms with van der Waals surface area (Å²) in [5.41, 5.74) is 0.598. The number of anilines is 1. The average molecular weight is 315 g/mol. The zero-order chi connectivity index (χ0) is 14.9. The highest BCUT2D eigenvalue weighted by atomic mass is 35.5. The lowest BCUT2D eigenvalue weighted by atomic mass is 10.2. The lowest BCUT2D eigenvalue weighted by Crippen LogP contribution is -2.15. The highest BCUT2D eigenvalue weighted by Crippen LogP contribution is 2.20. The first kappa shape index (κ1) is 14.3. The van der Waals surface area contributed by atoms with E-state index in [1.807, 2.05) is 0 Å². The average Bonchev–Trinajstić information content (AvgIpc) is 2.73. The number of nitrogens with one attached hydrogen (secondary N) is 2. The van der Waals surface area contributed by atoms with Gasteiger partial charge in [-0.05, 0) is 19.1 Å². The fraction of sp³-hybridized carbons (Fsp3) is 0.0909. The van der Waals surface area contributed by atoms with E-state index in [4.69, 9.17) is 28.3 Å². The van der Waals surface area contributed by atoms with Gasteiger partial charge >= 0.3 is 5.97 Å². The molecule has 0 aromatic carbocycles. The monoisotopic (exact) mass is 314 g/mol. The molecule has 0 unspecified atom stereocenters. The standard InChI is InChI=1S/C11H8Cl2N4O3/c1-4-2-6(8(14-4)11(19)20)15-10(18)5-3-7(12)16-17-9(5)13/h2-3,14H,1H3,(H,15,18)(H,19,20). The zero-order valence-corrected chi connectivity index (χ0v) is 11.6. The van der Waals surface area contributed by atoms with Crippen molar-refractivity contribution >= 4 is 40.8 Å². The fourth-order valence-electron chi connectivity index (χ4n) is 1.56. The molecular weight excluding hydrogens is 307 g/mol. The van der Waals surface area contributed by atoms with Crippen LogP contribution in [-0.2, 0) is 0 Å². The van der Waals surface area contributed by atoms with Crippen LogP contribution in [0.15, 0.2) is 12.1 Å². The van der Waals surface area contributed by atoms with Gasteiger partial charge < -0.3 is 15.4 Å². The summed E-state index contributed by atoms with van der Waals surface area (Å²) in [6.45, 7) is 1.67. The van der Waals surface area contributed by atoms with Gasteiger partial charge in [0.15, 0.2) is 10.3 Å². The van der Waals surface area contributed by atoms with Crippen molar-refractivity contribution in [3.63, 3.8) is 0 Å². The van der Waals surface area contributed by atoms with Gasteiger partial charge in [-0.2, -0.15) is 0 Å². The number of aromatic nitrogens is 3. The second-order valence-corrected chi connectivity index (χ2v) is 4.62. The van der Waals surface area contributed by atoms with Crippen LogP contribution in [0.4, 0.5) is 5.69 Å². The van der Waals surface area contributed by atoms with Gasteiger partial charge in [-0.25, -0.2) is 4.79 Å². The van der Waals surface area contributed by atoms with Crippen LogP contribution in [0, 0.1) is 6.92 Å². The molecule has 0 aliphatic rings. The van der Waals surface area contributed by atoms with Gasteiger partial charge in [0.05, 0.1) is 11.3 Å². The van der Waals surface area contributed by atoms with Crippen molar-refractivity contribution in [2.75, 3.05) is 5.32 Å². The molecule has 0 radical (unpaired) electrons. The van der Waals surface area contributed by atoms with E-state index in [9.17, 15) is 9.59 Å². The van der Waals surface area contributed by atoms with Crippen LogP contribution in [0.5, 0.6) is 0 Å². The summed E-state index contributed by atoms with van der Waals surface area (Å²) in [4.78, 5) is 25.7. The van der Waals surface area contributed by atoms with E-state index >= 15 is 0 Å². The normalized spacial score (nSPS) is 10.3. The number of carboxylic acid groups (broad SMARTS) is 1. The Hall–Kier alpha value is -2.12. The number of carbonyl (C=O) groups is 2. The predicted octanol–water partition coefficient (Wildman–Crippen LogP) is 2.37. The lowest BCUT2D eigenvalue weighted by Gasteiger charge is -2.05. The van der Waals surface area contributed by atoms with Crippen LogP contribution < -0.4 is 5.32 Å². The van der Waals surface area contributed by atoms with Gasteiger partial charge in [-0.3, -0.25) is 4.79 Å². The highest BCUT2D eigenvalue weighted by Gasteiger charge is 2.18. The van der Waals surface area contributed by atoms with E-state index in [1.54, 1.807) is 6.92 Å². The predicted molar refractivity (Wildman–Crippen MR) is 72.5 cm³/mol. The number of rotatable bonds is 3. The summed E-state index contributed by atoms with van der Waals surface area (Å²) in [6.07, 6.45) is 0. The second kappa shape index (κ2) is 5.48. The Balaban J connectivity index is 2.32. The molecule has 7 nitrogen and oxygen atoms in total. The molecule has 1 amide bonds. The Morgan fingerprint density at radius 3 is 2.65 bits per heavy atom. The lowest BCUT2D eigenvalue weighted by molar-refractivity contribution is 0.0692. The molecule has 2 aromatic heterocycles. The minimum Gasteiger partial charge on any atom is -0.477 e. The van der Waals surface area contributed by atoms with E-state index in [0.29, 0.717) is 5.69 Å². The summed E-state index contributed by atoms with van der Waals surface area (Å²) in [5.74, 6) is -1.82. The van der Waals surface area contributed by atoms with E-state index in [0.717, 1.165) is 0 Å². The molecule has 20 heavy (non-hydrogen) atoms. The number of aromatic amines is 1. The van der Waals surface area contributed by atoms with Gasteiger partial charge in [0.1, 0.15) is 5.69 Å². The SMILES string of the molecule is Cc1cc(NC(=O)c2cc(Cl)nnc2Cl)c(C(=O)O)[nH]1. The second-order valence-electron chi connectivity index (χ2n) is 3.87. The van der Waals surface area contributed by atoms with Crippen LogP contribution >= 0.6 is 23.2 Å². The molecule has 0 aliphatic carbocycles. The van der Waals surface area contributed by atoms with E-state index in [1.165, 1.54) is 12.1 Å². The fourth-order valence-corrected chi connectivity index (χ4v) is 1.88. The number of nitrogens with zero attached hydrogens (tertiary/aromatic N) is 2. The molecule has 3 N–H and O–H groups in total. The number of aryl methyl sites for hydroxylation is 1. The Labute approximate surface area is 122 Å². The van der Waals surface area contributed by atoms with Gasteiger partial charge in [-0.15, -0.1) is 10.2 Å². The summed E-state index contributed by atoms with van der Waals surface area (Å²) < 4.78 is 0. The van der Waals surface area contributed by atoms with Crippen LogP contribution in [0.3, 0.4) is 0 Å². The first-order chi connectivity index (χ1) is 9.38. The molecule has 0 aliphatic heterocycles. The molecule has 0 fully saturated rings. The zero-order valence-electron chi connectivity index (χ0n) is 10.1. The number of halogens is 2. The van der Waals surface area contributed by atoms with Crippen LogP contribution in [0.25, 0.3) is 0 Å². The number of carboxylic acids is 1. The van der Waals surface area contributed by atoms with E-state index in [2.05, 4.69) is 20.5 Å². The molecule has 9 heteroatoms. The van der Waals surface area contributed by atoms with Crippen molar-refractivity contribution in [2.24, 2.45) is 0 Å². The van der Waals surface area contributed by atoms with Gasteiger partial charge in [0.2, 0.25) is 0 Å². The number of aromatic carboxylic acids is 1. The van der Waals surface area contributed by atoms with Crippen molar-refractivity contribution in [2.45, 2.75) is 6.92 Å². The molecule has 0 spiro atoms. The van der Waals surface area contributed by atoms with Gasteiger partial charge in [-0.1, -0.05) is 23.2 Å². The third kappa shape index (κ3) is 2.89. The molecular formula is C11H8Cl2N4O3. The summed E-state index contributed by atoms with van der Waals surface area (Å²) in [6, 6.07) is 2.73. The van der Waals surface area contributed by atoms with Gasteiger partial charge in [0, 0.05) is 5.69 Å². The minimum atomic E-state index is -1.19. The third-order valence-corrected chi connectivity index (χ3v) is 2.84. The smallest absolute Gasteiger partial charge is 0.354 e. The topological polar surface area (TPSA) is 108 Å². The highest BCUT2D eigenvalue weighted by molar-refractivity contribution is 6.34. The van der Waals surface area contributed by atoms with Crippen LogP contribution in [0.1, 0.15) is 26.5 Å². The van der Waals surface area contributed by atoms with Crippen molar-refractivity contribution in [3.8, 4) is 0 Å². The Kier molecular flexibility index (Phi) is 3.91. The van der Waals surface area contributed by atoms with Crippen molar-refractivity contribution < 1.29 is 14.7 Å².